The van der Waals surface area contributed by atoms with Crippen molar-refractivity contribution in [2.45, 2.75) is 6.04 Å². The number of rotatable bonds is 1. The van der Waals surface area contributed by atoms with Gasteiger partial charge in [-0.15, -0.1) is 0 Å². The average molecular weight is 232 g/mol. The Labute approximate surface area is 98.6 Å². The number of anilines is 1. The molecule has 88 valence electrons. The van der Waals surface area contributed by atoms with Gasteiger partial charge in [0.05, 0.1) is 18.9 Å². The van der Waals surface area contributed by atoms with E-state index in [-0.39, 0.29) is 11.9 Å². The molecule has 1 unspecified atom stereocenters. The topological polar surface area (TPSA) is 49.9 Å². The molecule has 17 heavy (non-hydrogen) atoms. The number of para-hydroxylation sites is 1. The number of fused-ring (bicyclic) bond motifs is 1. The van der Waals surface area contributed by atoms with Gasteiger partial charge in [0.1, 0.15) is 6.04 Å². The lowest BCUT2D eigenvalue weighted by atomic mass is 10.2. The molecule has 2 saturated heterocycles. The van der Waals surface area contributed by atoms with Gasteiger partial charge in [-0.3, -0.25) is 4.79 Å². The molecule has 1 aromatic rings. The fourth-order valence-electron chi connectivity index (χ4n) is 2.22. The van der Waals surface area contributed by atoms with Crippen LogP contribution in [-0.2, 0) is 9.53 Å². The number of amides is 3. The maximum Gasteiger partial charge on any atom is 0.332 e. The molecule has 0 saturated carbocycles. The number of carbonyl (C=O) groups is 2. The van der Waals surface area contributed by atoms with Crippen LogP contribution >= 0.6 is 0 Å². The molecule has 5 heteroatoms. The fraction of sp³-hybridized carbons (Fsp3) is 0.333. The number of imide groups is 1. The van der Waals surface area contributed by atoms with Gasteiger partial charge in [-0.25, -0.2) is 9.69 Å². The highest BCUT2D eigenvalue weighted by Gasteiger charge is 2.47. The molecule has 1 atom stereocenters. The molecule has 3 rings (SSSR count). The van der Waals surface area contributed by atoms with Crippen molar-refractivity contribution >= 4 is 17.6 Å². The van der Waals surface area contributed by atoms with Gasteiger partial charge in [-0.2, -0.15) is 0 Å². The monoisotopic (exact) mass is 232 g/mol. The van der Waals surface area contributed by atoms with Crippen molar-refractivity contribution in [2.75, 3.05) is 24.7 Å². The molecule has 2 aliphatic rings. The van der Waals surface area contributed by atoms with Gasteiger partial charge in [-0.05, 0) is 12.1 Å². The predicted molar refractivity (Wildman–Crippen MR) is 60.6 cm³/mol. The first-order valence-corrected chi connectivity index (χ1v) is 5.56. The molecule has 1 aromatic carbocycles. The molecule has 0 aromatic heterocycles. The van der Waals surface area contributed by atoms with Crippen LogP contribution in [0, 0.1) is 0 Å². The van der Waals surface area contributed by atoms with E-state index in [0.717, 1.165) is 0 Å². The Morgan fingerprint density at radius 1 is 1.18 bits per heavy atom. The first-order chi connectivity index (χ1) is 8.29. The Hall–Kier alpha value is -1.88. The summed E-state index contributed by atoms with van der Waals surface area (Å²) < 4.78 is 5.24. The van der Waals surface area contributed by atoms with E-state index in [4.69, 9.17) is 4.74 Å². The molecule has 3 amide bonds. The Balaban J connectivity index is 1.96. The summed E-state index contributed by atoms with van der Waals surface area (Å²) in [5.74, 6) is -0.194. The number of nitrogens with zero attached hydrogens (tertiary/aromatic N) is 2. The Bertz CT molecular complexity index is 436. The lowest BCUT2D eigenvalue weighted by Crippen LogP contribution is -2.45. The minimum atomic E-state index is -0.448. The second-order valence-electron chi connectivity index (χ2n) is 4.08. The average Bonchev–Trinajstić information content (AvgIpc) is 2.64. The smallest absolute Gasteiger partial charge is 0.332 e. The summed E-state index contributed by atoms with van der Waals surface area (Å²) in [6.07, 6.45) is 0. The molecule has 2 heterocycles. The molecule has 2 aliphatic heterocycles. The van der Waals surface area contributed by atoms with Crippen LogP contribution in [0.25, 0.3) is 0 Å². The molecule has 2 fully saturated rings. The van der Waals surface area contributed by atoms with Gasteiger partial charge in [0.15, 0.2) is 0 Å². The maximum atomic E-state index is 12.1. The van der Waals surface area contributed by atoms with Crippen molar-refractivity contribution in [2.24, 2.45) is 0 Å². The van der Waals surface area contributed by atoms with E-state index in [2.05, 4.69) is 0 Å². The van der Waals surface area contributed by atoms with Crippen LogP contribution in [0.1, 0.15) is 0 Å². The molecule has 5 nitrogen and oxygen atoms in total. The number of urea groups is 1. The molecule has 0 spiro atoms. The number of ether oxygens (including phenoxy) is 1. The second kappa shape index (κ2) is 3.85. The van der Waals surface area contributed by atoms with E-state index in [1.807, 2.05) is 18.2 Å². The van der Waals surface area contributed by atoms with Crippen molar-refractivity contribution < 1.29 is 14.3 Å². The van der Waals surface area contributed by atoms with E-state index in [1.54, 1.807) is 17.0 Å². The van der Waals surface area contributed by atoms with E-state index in [0.29, 0.717) is 25.4 Å². The number of carbonyl (C=O) groups excluding carboxylic acids is 2. The highest BCUT2D eigenvalue weighted by atomic mass is 16.5. The Kier molecular flexibility index (Phi) is 2.33. The minimum absolute atomic E-state index is 0.194. The third-order valence-corrected chi connectivity index (χ3v) is 3.09. The zero-order valence-corrected chi connectivity index (χ0v) is 9.20. The summed E-state index contributed by atoms with van der Waals surface area (Å²) in [5.41, 5.74) is 0.622. The second-order valence-corrected chi connectivity index (χ2v) is 4.08. The van der Waals surface area contributed by atoms with Crippen molar-refractivity contribution in [3.8, 4) is 0 Å². The standard InChI is InChI=1S/C12H12N2O3/c15-11-10-8-17-7-6-13(10)12(16)14(11)9-4-2-1-3-5-9/h1-5,10H,6-8H2. The minimum Gasteiger partial charge on any atom is -0.377 e. The molecule has 0 bridgehead atoms. The van der Waals surface area contributed by atoms with Crippen molar-refractivity contribution in [1.82, 2.24) is 4.90 Å². The number of hydrogen-bond acceptors (Lipinski definition) is 3. The Morgan fingerprint density at radius 2 is 1.94 bits per heavy atom. The third-order valence-electron chi connectivity index (χ3n) is 3.09. The Morgan fingerprint density at radius 3 is 2.65 bits per heavy atom. The predicted octanol–water partition coefficient (Wildman–Crippen LogP) is 0.854. The lowest BCUT2D eigenvalue weighted by Gasteiger charge is -2.26. The fourth-order valence-corrected chi connectivity index (χ4v) is 2.22. The summed E-state index contributed by atoms with van der Waals surface area (Å²) in [5, 5.41) is 0. The lowest BCUT2D eigenvalue weighted by molar-refractivity contribution is -0.123. The van der Waals surface area contributed by atoms with Crippen LogP contribution in [0.2, 0.25) is 0 Å². The van der Waals surface area contributed by atoms with E-state index in [9.17, 15) is 9.59 Å². The first kappa shape index (κ1) is 10.3. The molecule has 0 radical (unpaired) electrons. The summed E-state index contributed by atoms with van der Waals surface area (Å²) >= 11 is 0. The van der Waals surface area contributed by atoms with E-state index in [1.165, 1.54) is 4.90 Å². The third kappa shape index (κ3) is 1.51. The van der Waals surface area contributed by atoms with Crippen LogP contribution in [0.3, 0.4) is 0 Å². The van der Waals surface area contributed by atoms with E-state index < -0.39 is 6.04 Å². The van der Waals surface area contributed by atoms with Gasteiger partial charge in [0.25, 0.3) is 5.91 Å². The number of morpholine rings is 1. The normalized spacial score (nSPS) is 24.1. The zero-order chi connectivity index (χ0) is 11.8. The largest absolute Gasteiger partial charge is 0.377 e. The molecule has 0 N–H and O–H groups in total. The van der Waals surface area contributed by atoms with Crippen molar-refractivity contribution in [1.29, 1.82) is 0 Å². The quantitative estimate of drug-likeness (QED) is 0.674. The van der Waals surface area contributed by atoms with Crippen LogP contribution in [0.4, 0.5) is 10.5 Å². The van der Waals surface area contributed by atoms with Gasteiger partial charge in [0, 0.05) is 6.54 Å². The summed E-state index contributed by atoms with van der Waals surface area (Å²) in [6.45, 7) is 1.28. The summed E-state index contributed by atoms with van der Waals surface area (Å²) in [4.78, 5) is 27.1. The summed E-state index contributed by atoms with van der Waals surface area (Å²) in [6, 6.07) is 8.30. The van der Waals surface area contributed by atoms with Crippen LogP contribution in [-0.4, -0.2) is 42.6 Å². The van der Waals surface area contributed by atoms with Crippen LogP contribution < -0.4 is 4.90 Å². The van der Waals surface area contributed by atoms with Gasteiger partial charge < -0.3 is 9.64 Å². The highest BCUT2D eigenvalue weighted by molar-refractivity contribution is 6.21. The van der Waals surface area contributed by atoms with Crippen molar-refractivity contribution in [3.05, 3.63) is 30.3 Å². The van der Waals surface area contributed by atoms with Crippen LogP contribution in [0.5, 0.6) is 0 Å². The zero-order valence-electron chi connectivity index (χ0n) is 9.20. The van der Waals surface area contributed by atoms with Gasteiger partial charge in [0.2, 0.25) is 0 Å². The first-order valence-electron chi connectivity index (χ1n) is 5.56. The molecular formula is C12H12N2O3. The van der Waals surface area contributed by atoms with Gasteiger partial charge in [-0.1, -0.05) is 18.2 Å². The number of benzene rings is 1. The van der Waals surface area contributed by atoms with E-state index >= 15 is 0 Å². The molecule has 0 aliphatic carbocycles. The number of hydrogen-bond donors (Lipinski definition) is 0. The molecular weight excluding hydrogens is 220 g/mol. The summed E-state index contributed by atoms with van der Waals surface area (Å²) in [7, 11) is 0. The van der Waals surface area contributed by atoms with Crippen molar-refractivity contribution in [3.63, 3.8) is 0 Å². The SMILES string of the molecule is O=C1C2COCCN2C(=O)N1c1ccccc1. The van der Waals surface area contributed by atoms with Crippen LogP contribution in [0.15, 0.2) is 30.3 Å². The highest BCUT2D eigenvalue weighted by Crippen LogP contribution is 2.26. The van der Waals surface area contributed by atoms with Gasteiger partial charge >= 0.3 is 6.03 Å². The maximum absolute atomic E-state index is 12.1.